The molecule has 218 valence electrons. The number of ketones is 1. The van der Waals surface area contributed by atoms with Gasteiger partial charge in [0.25, 0.3) is 5.09 Å². The molecular formula is C28H41NO10. The van der Waals surface area contributed by atoms with Crippen LogP contribution in [0.15, 0.2) is 11.6 Å². The molecule has 1 N–H and O–H groups in total. The van der Waals surface area contributed by atoms with E-state index in [0.717, 1.165) is 31.3 Å². The quantitative estimate of drug-likeness (QED) is 0.180. The molecule has 0 aromatic heterocycles. The number of carbonyl (C=O) groups is 3. The van der Waals surface area contributed by atoms with Crippen molar-refractivity contribution in [1.82, 2.24) is 0 Å². The highest BCUT2D eigenvalue weighted by atomic mass is 16.9. The molecular weight excluding hydrogens is 510 g/mol. The van der Waals surface area contributed by atoms with E-state index >= 15 is 0 Å². The SMILES string of the molecule is CCOC(=O)OC1(CC(=O)OCCCCO[N+](=O)[O-])CCC2C3CCC4=CC(=O)CCC4(C)C3C(O)CC21C. The molecule has 4 aliphatic carbocycles. The van der Waals surface area contributed by atoms with Gasteiger partial charge in [0.05, 0.1) is 32.3 Å². The first-order chi connectivity index (χ1) is 18.5. The second kappa shape index (κ2) is 11.4. The fraction of sp³-hybridized carbons (Fsp3) is 0.821. The van der Waals surface area contributed by atoms with Crippen LogP contribution in [-0.2, 0) is 28.6 Å². The summed E-state index contributed by atoms with van der Waals surface area (Å²) in [5.41, 5.74) is -0.980. The summed E-state index contributed by atoms with van der Waals surface area (Å²) in [4.78, 5) is 52.4. The van der Waals surface area contributed by atoms with Crippen molar-refractivity contribution in [2.45, 2.75) is 96.7 Å². The summed E-state index contributed by atoms with van der Waals surface area (Å²) in [6.45, 7) is 6.00. The van der Waals surface area contributed by atoms with Gasteiger partial charge in [-0.3, -0.25) is 9.59 Å². The summed E-state index contributed by atoms with van der Waals surface area (Å²) in [5.74, 6) is -0.0968. The maximum atomic E-state index is 13.0. The van der Waals surface area contributed by atoms with Gasteiger partial charge in [0.2, 0.25) is 0 Å². The molecule has 7 atom stereocenters. The van der Waals surface area contributed by atoms with Gasteiger partial charge in [0, 0.05) is 11.8 Å². The van der Waals surface area contributed by atoms with E-state index in [1.54, 1.807) is 13.0 Å². The smallest absolute Gasteiger partial charge is 0.466 e. The molecule has 0 saturated heterocycles. The van der Waals surface area contributed by atoms with Crippen molar-refractivity contribution in [2.24, 2.45) is 28.6 Å². The van der Waals surface area contributed by atoms with E-state index in [-0.39, 0.29) is 55.2 Å². The standard InChI is InChI=1S/C28H41NO10/c1-4-36-25(33)39-28(17-23(32)37-13-5-6-14-38-29(34)35)12-10-21-20-8-7-18-15-19(30)9-11-26(18,2)24(20)22(31)16-27(21,28)3/h15,20-22,24,31H,4-14,16-17H2,1-3H3. The molecule has 11 heteroatoms. The van der Waals surface area contributed by atoms with Crippen LogP contribution in [0.4, 0.5) is 4.79 Å². The average Bonchev–Trinajstić information content (AvgIpc) is 3.12. The summed E-state index contributed by atoms with van der Waals surface area (Å²) < 4.78 is 16.6. The van der Waals surface area contributed by atoms with Gasteiger partial charge in [-0.15, -0.1) is 10.1 Å². The van der Waals surface area contributed by atoms with Crippen molar-refractivity contribution in [3.05, 3.63) is 21.8 Å². The molecule has 3 fully saturated rings. The number of nitrogens with zero attached hydrogens (tertiary/aromatic N) is 1. The molecule has 0 amide bonds. The molecule has 4 aliphatic rings. The largest absolute Gasteiger partial charge is 0.508 e. The molecule has 0 aromatic carbocycles. The second-order valence-electron chi connectivity index (χ2n) is 12.1. The third kappa shape index (κ3) is 5.51. The summed E-state index contributed by atoms with van der Waals surface area (Å²) in [5, 5.41) is 21.1. The Morgan fingerprint density at radius 1 is 1.13 bits per heavy atom. The van der Waals surface area contributed by atoms with Crippen LogP contribution < -0.4 is 0 Å². The number of unbranched alkanes of at least 4 members (excludes halogenated alkanes) is 1. The number of esters is 1. The fourth-order valence-electron chi connectivity index (χ4n) is 8.38. The number of rotatable bonds is 10. The Kier molecular flexibility index (Phi) is 8.58. The molecule has 0 aromatic rings. The minimum Gasteiger partial charge on any atom is -0.466 e. The highest BCUT2D eigenvalue weighted by Crippen LogP contribution is 2.68. The van der Waals surface area contributed by atoms with Gasteiger partial charge in [-0.25, -0.2) is 4.79 Å². The Bertz CT molecular complexity index is 1010. The molecule has 3 saturated carbocycles. The molecule has 0 heterocycles. The van der Waals surface area contributed by atoms with Crippen LogP contribution in [-0.4, -0.2) is 59.6 Å². The van der Waals surface area contributed by atoms with E-state index in [2.05, 4.69) is 11.8 Å². The Balaban J connectivity index is 1.53. The lowest BCUT2D eigenvalue weighted by atomic mass is 9.45. The number of fused-ring (bicyclic) bond motifs is 5. The fourth-order valence-corrected chi connectivity index (χ4v) is 8.38. The average molecular weight is 552 g/mol. The minimum atomic E-state index is -1.19. The summed E-state index contributed by atoms with van der Waals surface area (Å²) in [7, 11) is 0. The molecule has 0 spiro atoms. The first kappa shape index (κ1) is 29.3. The van der Waals surface area contributed by atoms with E-state index in [0.29, 0.717) is 32.1 Å². The molecule has 0 radical (unpaired) electrons. The molecule has 4 rings (SSSR count). The van der Waals surface area contributed by atoms with Gasteiger partial charge in [0.15, 0.2) is 5.78 Å². The van der Waals surface area contributed by atoms with Gasteiger partial charge < -0.3 is 24.2 Å². The lowest BCUT2D eigenvalue weighted by Gasteiger charge is -2.60. The topological polar surface area (TPSA) is 152 Å². The van der Waals surface area contributed by atoms with E-state index < -0.39 is 34.3 Å². The van der Waals surface area contributed by atoms with Crippen molar-refractivity contribution < 1.29 is 43.6 Å². The minimum absolute atomic E-state index is 0.00426. The van der Waals surface area contributed by atoms with Gasteiger partial charge >= 0.3 is 12.1 Å². The Morgan fingerprint density at radius 2 is 1.87 bits per heavy atom. The third-order valence-electron chi connectivity index (χ3n) is 10.2. The van der Waals surface area contributed by atoms with Crippen LogP contribution in [0.3, 0.4) is 0 Å². The summed E-state index contributed by atoms with van der Waals surface area (Å²) >= 11 is 0. The second-order valence-corrected chi connectivity index (χ2v) is 12.1. The number of hydrogen-bond acceptors (Lipinski definition) is 10. The van der Waals surface area contributed by atoms with Crippen molar-refractivity contribution in [2.75, 3.05) is 19.8 Å². The predicted molar refractivity (Wildman–Crippen MR) is 137 cm³/mol. The number of allylic oxidation sites excluding steroid dienone is 1. The molecule has 11 nitrogen and oxygen atoms in total. The molecule has 39 heavy (non-hydrogen) atoms. The zero-order chi connectivity index (χ0) is 28.4. The van der Waals surface area contributed by atoms with Gasteiger partial charge in [-0.05, 0) is 87.5 Å². The Hall–Kier alpha value is -2.69. The van der Waals surface area contributed by atoms with Crippen LogP contribution in [0.5, 0.6) is 0 Å². The molecule has 0 bridgehead atoms. The van der Waals surface area contributed by atoms with E-state index in [1.807, 2.05) is 6.92 Å². The van der Waals surface area contributed by atoms with Gasteiger partial charge in [-0.2, -0.15) is 0 Å². The van der Waals surface area contributed by atoms with E-state index in [4.69, 9.17) is 14.2 Å². The number of aliphatic hydroxyl groups excluding tert-OH is 1. The maximum Gasteiger partial charge on any atom is 0.508 e. The normalized spacial score (nSPS) is 37.0. The summed E-state index contributed by atoms with van der Waals surface area (Å²) in [6, 6.07) is 0. The van der Waals surface area contributed by atoms with Crippen molar-refractivity contribution in [3.8, 4) is 0 Å². The first-order valence-electron chi connectivity index (χ1n) is 14.2. The summed E-state index contributed by atoms with van der Waals surface area (Å²) in [6.07, 6.45) is 5.26. The van der Waals surface area contributed by atoms with Crippen LogP contribution in [0.2, 0.25) is 0 Å². The molecule has 7 unspecified atom stereocenters. The third-order valence-corrected chi connectivity index (χ3v) is 10.2. The van der Waals surface area contributed by atoms with Crippen molar-refractivity contribution >= 4 is 17.9 Å². The first-order valence-corrected chi connectivity index (χ1v) is 14.2. The van der Waals surface area contributed by atoms with Crippen molar-refractivity contribution in [1.29, 1.82) is 0 Å². The highest BCUT2D eigenvalue weighted by molar-refractivity contribution is 5.91. The van der Waals surface area contributed by atoms with E-state index in [9.17, 15) is 29.6 Å². The van der Waals surface area contributed by atoms with Crippen LogP contribution in [0.1, 0.15) is 85.0 Å². The van der Waals surface area contributed by atoms with Gasteiger partial charge in [0.1, 0.15) is 5.60 Å². The van der Waals surface area contributed by atoms with E-state index in [1.165, 1.54) is 0 Å². The lowest BCUT2D eigenvalue weighted by molar-refractivity contribution is -0.757. The molecule has 0 aliphatic heterocycles. The van der Waals surface area contributed by atoms with Crippen LogP contribution in [0.25, 0.3) is 0 Å². The number of hydrogen-bond donors (Lipinski definition) is 1. The zero-order valence-corrected chi connectivity index (χ0v) is 23.1. The predicted octanol–water partition coefficient (Wildman–Crippen LogP) is 4.32. The van der Waals surface area contributed by atoms with Crippen LogP contribution >= 0.6 is 0 Å². The number of aliphatic hydroxyl groups is 1. The zero-order valence-electron chi connectivity index (χ0n) is 23.1. The maximum absolute atomic E-state index is 13.0. The highest BCUT2D eigenvalue weighted by Gasteiger charge is 2.68. The van der Waals surface area contributed by atoms with Gasteiger partial charge in [-0.1, -0.05) is 19.4 Å². The lowest BCUT2D eigenvalue weighted by Crippen LogP contribution is -2.61. The Morgan fingerprint density at radius 3 is 2.59 bits per heavy atom. The Labute approximate surface area is 228 Å². The van der Waals surface area contributed by atoms with Crippen molar-refractivity contribution in [3.63, 3.8) is 0 Å². The number of ether oxygens (including phenoxy) is 3. The monoisotopic (exact) mass is 551 g/mol. The number of carbonyl (C=O) groups excluding carboxylic acids is 3. The van der Waals surface area contributed by atoms with Crippen LogP contribution in [0, 0.1) is 38.7 Å².